The van der Waals surface area contributed by atoms with Crippen LogP contribution in [0.25, 0.3) is 0 Å². The standard InChI is InChI=1S/C16H19ClN2O4.BrH/c1-3-22-16(21)10-23-15-5-4-14(17)8-13(15)9-18-6-7-19(11-18)12(2)20;/h4-8H,3,9-11H2,1-2H3;1H. The number of rotatable bonds is 6. The van der Waals surface area contributed by atoms with Gasteiger partial charge < -0.3 is 14.4 Å². The number of amides is 1. The van der Waals surface area contributed by atoms with Gasteiger partial charge in [0, 0.05) is 36.5 Å². The molecule has 1 aliphatic heterocycles. The van der Waals surface area contributed by atoms with Crippen molar-refractivity contribution in [2.75, 3.05) is 19.9 Å². The van der Waals surface area contributed by atoms with Crippen LogP contribution in [0.1, 0.15) is 19.4 Å². The minimum Gasteiger partial charge on any atom is -0.482 e. The molecule has 24 heavy (non-hydrogen) atoms. The molecule has 1 heterocycles. The quantitative estimate of drug-likeness (QED) is 0.664. The van der Waals surface area contributed by atoms with Gasteiger partial charge >= 0.3 is 5.97 Å². The Balaban J connectivity index is 0.00000288. The molecule has 2 rings (SSSR count). The Labute approximate surface area is 156 Å². The molecule has 1 aliphatic rings. The van der Waals surface area contributed by atoms with Crippen molar-refractivity contribution in [3.8, 4) is 5.75 Å². The molecular formula is C16H20BrClN2O4. The van der Waals surface area contributed by atoms with Gasteiger partial charge in [-0.3, -0.25) is 9.69 Å². The molecular weight excluding hydrogens is 400 g/mol. The summed E-state index contributed by atoms with van der Waals surface area (Å²) in [5, 5.41) is 0.579. The molecule has 0 spiro atoms. The summed E-state index contributed by atoms with van der Waals surface area (Å²) < 4.78 is 10.4. The SMILES string of the molecule is Br.CCOC(=O)COc1ccc(Cl)cc1CN1C=CN(C(C)=O)C1. The van der Waals surface area contributed by atoms with Crippen molar-refractivity contribution in [3.63, 3.8) is 0 Å². The molecule has 132 valence electrons. The smallest absolute Gasteiger partial charge is 0.344 e. The van der Waals surface area contributed by atoms with E-state index in [4.69, 9.17) is 21.1 Å². The molecule has 0 radical (unpaired) electrons. The summed E-state index contributed by atoms with van der Waals surface area (Å²) in [5.74, 6) is 0.128. The van der Waals surface area contributed by atoms with E-state index in [-0.39, 0.29) is 29.5 Å². The second kappa shape index (κ2) is 9.54. The molecule has 8 heteroatoms. The Morgan fingerprint density at radius 3 is 2.67 bits per heavy atom. The predicted molar refractivity (Wildman–Crippen MR) is 96.0 cm³/mol. The number of hydrogen-bond acceptors (Lipinski definition) is 5. The summed E-state index contributed by atoms with van der Waals surface area (Å²) in [4.78, 5) is 26.3. The molecule has 0 bridgehead atoms. The van der Waals surface area contributed by atoms with Gasteiger partial charge in [0.05, 0.1) is 13.3 Å². The van der Waals surface area contributed by atoms with Crippen LogP contribution < -0.4 is 4.74 Å². The highest BCUT2D eigenvalue weighted by molar-refractivity contribution is 8.93. The summed E-state index contributed by atoms with van der Waals surface area (Å²) in [5.41, 5.74) is 0.830. The minimum absolute atomic E-state index is 0. The van der Waals surface area contributed by atoms with Crippen LogP contribution >= 0.6 is 28.6 Å². The van der Waals surface area contributed by atoms with Crippen molar-refractivity contribution in [1.29, 1.82) is 0 Å². The lowest BCUT2D eigenvalue weighted by Gasteiger charge is -2.20. The molecule has 1 aromatic rings. The van der Waals surface area contributed by atoms with Crippen LogP contribution in [0.3, 0.4) is 0 Å². The summed E-state index contributed by atoms with van der Waals surface area (Å²) in [6, 6.07) is 5.21. The topological polar surface area (TPSA) is 59.1 Å². The lowest BCUT2D eigenvalue weighted by atomic mass is 10.2. The molecule has 0 aromatic heterocycles. The number of esters is 1. The van der Waals surface area contributed by atoms with Gasteiger partial charge in [0.15, 0.2) is 6.61 Å². The lowest BCUT2D eigenvalue weighted by Crippen LogP contribution is -2.28. The molecule has 1 amide bonds. The maximum atomic E-state index is 11.4. The average molecular weight is 420 g/mol. The van der Waals surface area contributed by atoms with Crippen LogP contribution in [0.15, 0.2) is 30.6 Å². The normalized spacial score (nSPS) is 12.8. The summed E-state index contributed by atoms with van der Waals surface area (Å²) in [6.07, 6.45) is 3.56. The van der Waals surface area contributed by atoms with Crippen molar-refractivity contribution >= 4 is 40.5 Å². The first-order valence-electron chi connectivity index (χ1n) is 7.26. The van der Waals surface area contributed by atoms with E-state index < -0.39 is 5.97 Å². The highest BCUT2D eigenvalue weighted by Crippen LogP contribution is 2.25. The van der Waals surface area contributed by atoms with Crippen molar-refractivity contribution in [2.45, 2.75) is 20.4 Å². The molecule has 1 aromatic carbocycles. The molecule has 0 aliphatic carbocycles. The van der Waals surface area contributed by atoms with Crippen molar-refractivity contribution in [1.82, 2.24) is 9.80 Å². The maximum absolute atomic E-state index is 11.4. The monoisotopic (exact) mass is 418 g/mol. The second-order valence-corrected chi connectivity index (χ2v) is 5.46. The Kier molecular flexibility index (Phi) is 8.07. The van der Waals surface area contributed by atoms with Crippen LogP contribution in [0.4, 0.5) is 0 Å². The molecule has 0 fully saturated rings. The summed E-state index contributed by atoms with van der Waals surface area (Å²) >= 11 is 6.05. The largest absolute Gasteiger partial charge is 0.482 e. The fraction of sp³-hybridized carbons (Fsp3) is 0.375. The molecule has 0 saturated heterocycles. The Morgan fingerprint density at radius 1 is 1.29 bits per heavy atom. The molecule has 0 unspecified atom stereocenters. The molecule has 0 N–H and O–H groups in total. The minimum atomic E-state index is -0.419. The first-order chi connectivity index (χ1) is 11.0. The molecule has 6 nitrogen and oxygen atoms in total. The fourth-order valence-corrected chi connectivity index (χ4v) is 2.34. The number of ether oxygens (including phenoxy) is 2. The van der Waals surface area contributed by atoms with Gasteiger partial charge in [0.1, 0.15) is 5.75 Å². The highest BCUT2D eigenvalue weighted by atomic mass is 79.9. The van der Waals surface area contributed by atoms with E-state index in [2.05, 4.69) is 0 Å². The number of carbonyl (C=O) groups excluding carboxylic acids is 2. The highest BCUT2D eigenvalue weighted by Gasteiger charge is 2.17. The zero-order chi connectivity index (χ0) is 16.8. The summed E-state index contributed by atoms with van der Waals surface area (Å²) in [7, 11) is 0. The lowest BCUT2D eigenvalue weighted by molar-refractivity contribution is -0.145. The third-order valence-electron chi connectivity index (χ3n) is 3.24. The first-order valence-corrected chi connectivity index (χ1v) is 7.64. The molecule has 0 atom stereocenters. The Morgan fingerprint density at radius 2 is 2.04 bits per heavy atom. The van der Waals surface area contributed by atoms with E-state index >= 15 is 0 Å². The van der Waals surface area contributed by atoms with Crippen LogP contribution in [-0.4, -0.2) is 41.6 Å². The second-order valence-electron chi connectivity index (χ2n) is 5.02. The van der Waals surface area contributed by atoms with E-state index in [1.165, 1.54) is 6.92 Å². The van der Waals surface area contributed by atoms with E-state index in [0.717, 1.165) is 5.56 Å². The number of halogens is 2. The van der Waals surface area contributed by atoms with Gasteiger partial charge in [-0.2, -0.15) is 0 Å². The maximum Gasteiger partial charge on any atom is 0.344 e. The number of nitrogens with zero attached hydrogens (tertiary/aromatic N) is 2. The number of carbonyl (C=O) groups is 2. The number of benzene rings is 1. The van der Waals surface area contributed by atoms with E-state index in [9.17, 15) is 9.59 Å². The van der Waals surface area contributed by atoms with Crippen molar-refractivity contribution in [3.05, 3.63) is 41.2 Å². The predicted octanol–water partition coefficient (Wildman–Crippen LogP) is 2.95. The van der Waals surface area contributed by atoms with Gasteiger partial charge in [-0.25, -0.2) is 4.79 Å². The van der Waals surface area contributed by atoms with E-state index in [1.807, 2.05) is 11.1 Å². The van der Waals surface area contributed by atoms with E-state index in [0.29, 0.717) is 30.6 Å². The Bertz CT molecular complexity index is 624. The zero-order valence-corrected chi connectivity index (χ0v) is 16.0. The van der Waals surface area contributed by atoms with Crippen LogP contribution in [0.5, 0.6) is 5.75 Å². The van der Waals surface area contributed by atoms with Crippen molar-refractivity contribution in [2.24, 2.45) is 0 Å². The van der Waals surface area contributed by atoms with Gasteiger partial charge in [-0.05, 0) is 25.1 Å². The van der Waals surface area contributed by atoms with Gasteiger partial charge in [0.25, 0.3) is 0 Å². The molecule has 0 saturated carbocycles. The number of hydrogen-bond donors (Lipinski definition) is 0. The van der Waals surface area contributed by atoms with Crippen LogP contribution in [0, 0.1) is 0 Å². The first kappa shape index (κ1) is 20.3. The third-order valence-corrected chi connectivity index (χ3v) is 3.48. The Hall–Kier alpha value is -1.73. The van der Waals surface area contributed by atoms with Crippen LogP contribution in [-0.2, 0) is 20.9 Å². The summed E-state index contributed by atoms with van der Waals surface area (Å²) in [6.45, 7) is 4.40. The zero-order valence-electron chi connectivity index (χ0n) is 13.5. The van der Waals surface area contributed by atoms with Gasteiger partial charge in [-0.1, -0.05) is 11.6 Å². The third kappa shape index (κ3) is 5.72. The van der Waals surface area contributed by atoms with Crippen molar-refractivity contribution < 1.29 is 19.1 Å². The van der Waals surface area contributed by atoms with Gasteiger partial charge in [0.2, 0.25) is 5.91 Å². The van der Waals surface area contributed by atoms with Gasteiger partial charge in [-0.15, -0.1) is 17.0 Å². The fourth-order valence-electron chi connectivity index (χ4n) is 2.14. The van der Waals surface area contributed by atoms with Crippen LogP contribution in [0.2, 0.25) is 5.02 Å². The average Bonchev–Trinajstić information content (AvgIpc) is 2.95. The van der Waals surface area contributed by atoms with E-state index in [1.54, 1.807) is 36.2 Å².